The van der Waals surface area contributed by atoms with E-state index in [9.17, 15) is 8.42 Å². The van der Waals surface area contributed by atoms with Crippen molar-refractivity contribution in [2.45, 2.75) is 4.90 Å². The first-order valence-electron chi connectivity index (χ1n) is 7.68. The highest BCUT2D eigenvalue weighted by Gasteiger charge is 2.25. The number of benzene rings is 2. The molecule has 2 aromatic carbocycles. The number of hydrogen-bond acceptors (Lipinski definition) is 7. The van der Waals surface area contributed by atoms with E-state index >= 15 is 0 Å². The van der Waals surface area contributed by atoms with Crippen LogP contribution in [-0.2, 0) is 10.1 Å². The molecule has 9 heteroatoms. The van der Waals surface area contributed by atoms with E-state index in [-0.39, 0.29) is 15.7 Å². The van der Waals surface area contributed by atoms with Crippen LogP contribution in [-0.4, -0.2) is 18.4 Å². The molecule has 136 valence electrons. The average molecular weight is 419 g/mol. The number of rotatable bonds is 5. The van der Waals surface area contributed by atoms with Crippen LogP contribution in [0.1, 0.15) is 0 Å². The summed E-state index contributed by atoms with van der Waals surface area (Å²) in [6, 6.07) is 14.7. The minimum absolute atomic E-state index is 0.0588. The van der Waals surface area contributed by atoms with Crippen LogP contribution in [0.5, 0.6) is 17.4 Å². The lowest BCUT2D eigenvalue weighted by Gasteiger charge is -2.10. The summed E-state index contributed by atoms with van der Waals surface area (Å²) in [5.41, 5.74) is 1.85. The SMILES string of the molecule is O=S(=O)(Oc1ccc(Oc2ccccn2)cc1)c1c(Cl)ccc2scnc12. The van der Waals surface area contributed by atoms with Gasteiger partial charge in [0.1, 0.15) is 17.0 Å². The molecule has 0 N–H and O–H groups in total. The lowest BCUT2D eigenvalue weighted by Crippen LogP contribution is -2.11. The number of halogens is 1. The maximum atomic E-state index is 12.7. The van der Waals surface area contributed by atoms with Crippen molar-refractivity contribution in [2.24, 2.45) is 0 Å². The van der Waals surface area contributed by atoms with E-state index in [1.165, 1.54) is 29.5 Å². The first-order chi connectivity index (χ1) is 13.0. The van der Waals surface area contributed by atoms with E-state index in [1.54, 1.807) is 48.1 Å². The molecule has 4 rings (SSSR count). The number of hydrogen-bond donors (Lipinski definition) is 0. The molecular formula is C18H11ClN2O4S2. The summed E-state index contributed by atoms with van der Waals surface area (Å²) in [6.07, 6.45) is 1.61. The standard InChI is InChI=1S/C18H11ClN2O4S2/c19-14-8-9-15-17(21-11-26-15)18(14)27(22,23)25-13-6-4-12(5-7-13)24-16-3-1-2-10-20-16/h1-11H. The first-order valence-corrected chi connectivity index (χ1v) is 10.3. The molecule has 0 aliphatic carbocycles. The van der Waals surface area contributed by atoms with Crippen LogP contribution in [0.3, 0.4) is 0 Å². The molecule has 0 unspecified atom stereocenters. The fraction of sp³-hybridized carbons (Fsp3) is 0. The van der Waals surface area contributed by atoms with Crippen molar-refractivity contribution in [2.75, 3.05) is 0 Å². The topological polar surface area (TPSA) is 78.4 Å². The molecule has 0 fully saturated rings. The van der Waals surface area contributed by atoms with Gasteiger partial charge >= 0.3 is 10.1 Å². The lowest BCUT2D eigenvalue weighted by atomic mass is 10.3. The van der Waals surface area contributed by atoms with Gasteiger partial charge in [-0.15, -0.1) is 11.3 Å². The van der Waals surface area contributed by atoms with Crippen molar-refractivity contribution in [1.29, 1.82) is 0 Å². The summed E-state index contributed by atoms with van der Waals surface area (Å²) in [5, 5.41) is 0.0588. The lowest BCUT2D eigenvalue weighted by molar-refractivity contribution is 0.459. The van der Waals surface area contributed by atoms with Gasteiger partial charge in [0.15, 0.2) is 4.90 Å². The van der Waals surface area contributed by atoms with Gasteiger partial charge in [0, 0.05) is 12.3 Å². The first kappa shape index (κ1) is 17.7. The molecule has 27 heavy (non-hydrogen) atoms. The van der Waals surface area contributed by atoms with E-state index < -0.39 is 10.1 Å². The van der Waals surface area contributed by atoms with Gasteiger partial charge in [-0.1, -0.05) is 17.7 Å². The second kappa shape index (κ2) is 7.15. The van der Waals surface area contributed by atoms with Crippen molar-refractivity contribution in [1.82, 2.24) is 9.97 Å². The fourth-order valence-electron chi connectivity index (χ4n) is 2.38. The molecule has 0 atom stereocenters. The van der Waals surface area contributed by atoms with Gasteiger partial charge in [-0.25, -0.2) is 9.97 Å². The Morgan fingerprint density at radius 3 is 2.44 bits per heavy atom. The smallest absolute Gasteiger partial charge is 0.342 e. The van der Waals surface area contributed by atoms with Crippen molar-refractivity contribution < 1.29 is 17.3 Å². The van der Waals surface area contributed by atoms with E-state index in [0.29, 0.717) is 21.8 Å². The Morgan fingerprint density at radius 2 is 1.70 bits per heavy atom. The average Bonchev–Trinajstić information content (AvgIpc) is 3.12. The molecule has 0 aliphatic rings. The van der Waals surface area contributed by atoms with E-state index in [4.69, 9.17) is 20.5 Å². The molecule has 0 saturated heterocycles. The number of pyridine rings is 1. The third-order valence-electron chi connectivity index (χ3n) is 3.55. The Bertz CT molecular complexity index is 1190. The number of ether oxygens (including phenoxy) is 1. The Hall–Kier alpha value is -2.68. The van der Waals surface area contributed by atoms with E-state index in [2.05, 4.69) is 9.97 Å². The zero-order chi connectivity index (χ0) is 18.9. The molecule has 6 nitrogen and oxygen atoms in total. The summed E-state index contributed by atoms with van der Waals surface area (Å²) in [7, 11) is -4.15. The normalized spacial score (nSPS) is 11.4. The van der Waals surface area contributed by atoms with Gasteiger partial charge in [-0.2, -0.15) is 8.42 Å². The van der Waals surface area contributed by atoms with Crippen LogP contribution >= 0.6 is 22.9 Å². The highest BCUT2D eigenvalue weighted by Crippen LogP contribution is 2.33. The maximum absolute atomic E-state index is 12.7. The zero-order valence-corrected chi connectivity index (χ0v) is 16.0. The second-order valence-corrected chi connectivity index (χ2v) is 8.13. The molecule has 2 heterocycles. The zero-order valence-electron chi connectivity index (χ0n) is 13.6. The molecule has 4 aromatic rings. The van der Waals surface area contributed by atoms with Crippen molar-refractivity contribution in [3.63, 3.8) is 0 Å². The fourth-order valence-corrected chi connectivity index (χ4v) is 4.72. The summed E-state index contributed by atoms with van der Waals surface area (Å²) in [4.78, 5) is 8.01. The van der Waals surface area contributed by atoms with Gasteiger partial charge in [0.05, 0.1) is 15.2 Å². The summed E-state index contributed by atoms with van der Waals surface area (Å²) >= 11 is 7.43. The van der Waals surface area contributed by atoms with Crippen LogP contribution < -0.4 is 8.92 Å². The number of nitrogens with zero attached hydrogens (tertiary/aromatic N) is 2. The van der Waals surface area contributed by atoms with Crippen molar-refractivity contribution >= 4 is 43.3 Å². The second-order valence-electron chi connectivity index (χ2n) is 5.35. The van der Waals surface area contributed by atoms with Gasteiger partial charge in [0.2, 0.25) is 5.88 Å². The Labute approximate surface area is 164 Å². The highest BCUT2D eigenvalue weighted by atomic mass is 35.5. The summed E-state index contributed by atoms with van der Waals surface area (Å²) in [6.45, 7) is 0. The molecule has 0 aliphatic heterocycles. The van der Waals surface area contributed by atoms with Gasteiger partial charge in [0.25, 0.3) is 0 Å². The Balaban J connectivity index is 1.59. The number of thiazole rings is 1. The molecule has 0 amide bonds. The van der Waals surface area contributed by atoms with E-state index in [1.807, 2.05) is 0 Å². The van der Waals surface area contributed by atoms with E-state index in [0.717, 1.165) is 0 Å². The van der Waals surface area contributed by atoms with Crippen LogP contribution in [0.4, 0.5) is 0 Å². The van der Waals surface area contributed by atoms with Crippen LogP contribution in [0.25, 0.3) is 10.2 Å². The predicted octanol–water partition coefficient (Wildman–Crippen LogP) is 4.90. The van der Waals surface area contributed by atoms with Crippen molar-refractivity contribution in [3.05, 3.63) is 71.3 Å². The third kappa shape index (κ3) is 3.73. The van der Waals surface area contributed by atoms with Gasteiger partial charge < -0.3 is 8.92 Å². The quantitative estimate of drug-likeness (QED) is 0.429. The molecule has 0 spiro atoms. The van der Waals surface area contributed by atoms with Crippen LogP contribution in [0.15, 0.2) is 71.2 Å². The molecule has 0 saturated carbocycles. The van der Waals surface area contributed by atoms with Crippen molar-refractivity contribution in [3.8, 4) is 17.4 Å². The molecule has 2 aromatic heterocycles. The summed E-state index contributed by atoms with van der Waals surface area (Å²) in [5.74, 6) is 1.06. The minimum Gasteiger partial charge on any atom is -0.439 e. The van der Waals surface area contributed by atoms with Gasteiger partial charge in [-0.05, 0) is 42.5 Å². The number of aromatic nitrogens is 2. The van der Waals surface area contributed by atoms with Gasteiger partial charge in [-0.3, -0.25) is 0 Å². The number of fused-ring (bicyclic) bond motifs is 1. The highest BCUT2D eigenvalue weighted by molar-refractivity contribution is 7.87. The monoisotopic (exact) mass is 418 g/mol. The molecular weight excluding hydrogens is 408 g/mol. The van der Waals surface area contributed by atoms with Crippen LogP contribution in [0, 0.1) is 0 Å². The Morgan fingerprint density at radius 1 is 0.926 bits per heavy atom. The largest absolute Gasteiger partial charge is 0.439 e. The minimum atomic E-state index is -4.15. The third-order valence-corrected chi connectivity index (χ3v) is 6.09. The Kier molecular flexibility index (Phi) is 4.69. The van der Waals surface area contributed by atoms with Crippen LogP contribution in [0.2, 0.25) is 5.02 Å². The molecule has 0 radical (unpaired) electrons. The summed E-state index contributed by atoms with van der Waals surface area (Å²) < 4.78 is 37.0. The maximum Gasteiger partial charge on any atom is 0.342 e. The predicted molar refractivity (Wildman–Crippen MR) is 103 cm³/mol. The molecule has 0 bridgehead atoms.